The topological polar surface area (TPSA) is 139 Å². The van der Waals surface area contributed by atoms with E-state index in [1.807, 2.05) is 0 Å². The molecule has 2 amide bonds. The van der Waals surface area contributed by atoms with E-state index in [1.165, 1.54) is 12.1 Å². The van der Waals surface area contributed by atoms with Crippen LogP contribution < -0.4 is 10.6 Å². The van der Waals surface area contributed by atoms with Gasteiger partial charge in [-0.1, -0.05) is 6.07 Å². The summed E-state index contributed by atoms with van der Waals surface area (Å²) in [5.41, 5.74) is 0.361. The van der Waals surface area contributed by atoms with E-state index in [0.29, 0.717) is 5.56 Å². The highest BCUT2D eigenvalue weighted by Gasteiger charge is 2.15. The molecule has 21 heavy (non-hydrogen) atoms. The fourth-order valence-electron chi connectivity index (χ4n) is 1.46. The number of nitrogens with zero attached hydrogens (tertiary/aromatic N) is 1. The molecule has 0 aromatic heterocycles. The highest BCUT2D eigenvalue weighted by atomic mass is 16.6. The van der Waals surface area contributed by atoms with Crippen molar-refractivity contribution < 1.29 is 24.4 Å². The standard InChI is InChI=1S/C12H13N3O6/c1-7-2-3-8(15(20)21)4-9(7)12(19)14-5-10(16)13-6-11(17)18/h2-4H,5-6H2,1H3,(H,13,16)(H,14,19)(H,17,18). The number of carboxylic acids is 1. The number of hydrogen-bond acceptors (Lipinski definition) is 5. The van der Waals surface area contributed by atoms with Gasteiger partial charge in [-0.05, 0) is 12.5 Å². The first-order chi connectivity index (χ1) is 9.81. The Kier molecular flexibility index (Phi) is 5.35. The highest BCUT2D eigenvalue weighted by Crippen LogP contribution is 2.17. The zero-order chi connectivity index (χ0) is 16.0. The predicted octanol–water partition coefficient (Wildman–Crippen LogP) is -0.166. The van der Waals surface area contributed by atoms with Crippen molar-refractivity contribution in [3.63, 3.8) is 0 Å². The molecular formula is C12H13N3O6. The third kappa shape index (κ3) is 4.90. The largest absolute Gasteiger partial charge is 0.480 e. The third-order valence-corrected chi connectivity index (χ3v) is 2.52. The second-order valence-corrected chi connectivity index (χ2v) is 4.11. The molecule has 0 aliphatic rings. The first-order valence-electron chi connectivity index (χ1n) is 5.83. The Labute approximate surface area is 119 Å². The Hall–Kier alpha value is -2.97. The number of aliphatic carboxylic acids is 1. The van der Waals surface area contributed by atoms with Crippen LogP contribution in [0.2, 0.25) is 0 Å². The van der Waals surface area contributed by atoms with Crippen LogP contribution in [0.5, 0.6) is 0 Å². The number of carboxylic acid groups (broad SMARTS) is 1. The summed E-state index contributed by atoms with van der Waals surface area (Å²) in [5.74, 6) is -2.53. The normalized spacial score (nSPS) is 9.76. The lowest BCUT2D eigenvalue weighted by molar-refractivity contribution is -0.384. The van der Waals surface area contributed by atoms with Gasteiger partial charge in [0.2, 0.25) is 5.91 Å². The molecule has 0 fully saturated rings. The second kappa shape index (κ2) is 6.98. The Bertz CT molecular complexity index is 599. The number of benzene rings is 1. The fourth-order valence-corrected chi connectivity index (χ4v) is 1.46. The van der Waals surface area contributed by atoms with E-state index in [9.17, 15) is 24.5 Å². The minimum Gasteiger partial charge on any atom is -0.480 e. The van der Waals surface area contributed by atoms with Crippen LogP contribution in [0.25, 0.3) is 0 Å². The monoisotopic (exact) mass is 295 g/mol. The van der Waals surface area contributed by atoms with Crippen LogP contribution in [-0.2, 0) is 9.59 Å². The SMILES string of the molecule is Cc1ccc([N+](=O)[O-])cc1C(=O)NCC(=O)NCC(=O)O. The van der Waals surface area contributed by atoms with Gasteiger partial charge in [-0.25, -0.2) is 0 Å². The molecule has 0 saturated heterocycles. The van der Waals surface area contributed by atoms with Gasteiger partial charge < -0.3 is 15.7 Å². The number of amides is 2. The van der Waals surface area contributed by atoms with Crippen molar-refractivity contribution in [2.75, 3.05) is 13.1 Å². The van der Waals surface area contributed by atoms with Gasteiger partial charge in [-0.15, -0.1) is 0 Å². The van der Waals surface area contributed by atoms with Gasteiger partial charge in [-0.3, -0.25) is 24.5 Å². The van der Waals surface area contributed by atoms with Gasteiger partial charge >= 0.3 is 5.97 Å². The number of non-ortho nitro benzene ring substituents is 1. The van der Waals surface area contributed by atoms with Gasteiger partial charge in [-0.2, -0.15) is 0 Å². The molecule has 0 saturated carbocycles. The van der Waals surface area contributed by atoms with Gasteiger partial charge in [0.1, 0.15) is 6.54 Å². The summed E-state index contributed by atoms with van der Waals surface area (Å²) >= 11 is 0. The van der Waals surface area contributed by atoms with E-state index >= 15 is 0 Å². The Morgan fingerprint density at radius 1 is 1.24 bits per heavy atom. The Morgan fingerprint density at radius 3 is 2.48 bits per heavy atom. The summed E-state index contributed by atoms with van der Waals surface area (Å²) in [6.07, 6.45) is 0. The summed E-state index contributed by atoms with van der Waals surface area (Å²) in [6.45, 7) is 0.627. The first kappa shape index (κ1) is 16.1. The summed E-state index contributed by atoms with van der Waals surface area (Å²) in [5, 5.41) is 23.4. The second-order valence-electron chi connectivity index (χ2n) is 4.11. The average Bonchev–Trinajstić information content (AvgIpc) is 2.42. The van der Waals surface area contributed by atoms with E-state index in [-0.39, 0.29) is 11.3 Å². The Balaban J connectivity index is 2.67. The van der Waals surface area contributed by atoms with E-state index in [2.05, 4.69) is 10.6 Å². The van der Waals surface area contributed by atoms with Crippen LogP contribution in [0.3, 0.4) is 0 Å². The van der Waals surface area contributed by atoms with Crippen LogP contribution >= 0.6 is 0 Å². The number of nitrogens with one attached hydrogen (secondary N) is 2. The number of carbonyl (C=O) groups excluding carboxylic acids is 2. The number of nitro benzene ring substituents is 1. The molecule has 0 aliphatic carbocycles. The maximum atomic E-state index is 11.9. The molecule has 112 valence electrons. The highest BCUT2D eigenvalue weighted by molar-refractivity contribution is 5.98. The van der Waals surface area contributed by atoms with Gasteiger partial charge in [0, 0.05) is 17.7 Å². The van der Waals surface area contributed by atoms with Gasteiger partial charge in [0.25, 0.3) is 11.6 Å². The number of hydrogen-bond donors (Lipinski definition) is 3. The van der Waals surface area contributed by atoms with E-state index in [0.717, 1.165) is 6.07 Å². The van der Waals surface area contributed by atoms with Crippen LogP contribution in [0.1, 0.15) is 15.9 Å². The molecule has 3 N–H and O–H groups in total. The lowest BCUT2D eigenvalue weighted by Crippen LogP contribution is -2.39. The van der Waals surface area contributed by atoms with Crippen LogP contribution in [0.15, 0.2) is 18.2 Å². The molecule has 9 heteroatoms. The zero-order valence-electron chi connectivity index (χ0n) is 11.1. The fraction of sp³-hybridized carbons (Fsp3) is 0.250. The van der Waals surface area contributed by atoms with E-state index < -0.39 is 35.8 Å². The number of carbonyl (C=O) groups is 3. The minimum atomic E-state index is -1.20. The molecule has 1 aromatic carbocycles. The van der Waals surface area contributed by atoms with Crippen molar-refractivity contribution in [3.05, 3.63) is 39.4 Å². The molecular weight excluding hydrogens is 282 g/mol. The lowest BCUT2D eigenvalue weighted by Gasteiger charge is -2.07. The summed E-state index contributed by atoms with van der Waals surface area (Å²) in [7, 11) is 0. The van der Waals surface area contributed by atoms with Crippen LogP contribution in [0.4, 0.5) is 5.69 Å². The van der Waals surface area contributed by atoms with Crippen molar-refractivity contribution in [2.24, 2.45) is 0 Å². The molecule has 0 atom stereocenters. The number of rotatable bonds is 6. The molecule has 0 unspecified atom stereocenters. The third-order valence-electron chi connectivity index (χ3n) is 2.52. The van der Waals surface area contributed by atoms with Crippen molar-refractivity contribution in [1.29, 1.82) is 0 Å². The van der Waals surface area contributed by atoms with Crippen molar-refractivity contribution in [2.45, 2.75) is 6.92 Å². The smallest absolute Gasteiger partial charge is 0.322 e. The number of nitro groups is 1. The van der Waals surface area contributed by atoms with Crippen molar-refractivity contribution in [1.82, 2.24) is 10.6 Å². The molecule has 0 aliphatic heterocycles. The molecule has 1 rings (SSSR count). The minimum absolute atomic E-state index is 0.0789. The first-order valence-corrected chi connectivity index (χ1v) is 5.83. The molecule has 0 radical (unpaired) electrons. The van der Waals surface area contributed by atoms with Crippen molar-refractivity contribution >= 4 is 23.5 Å². The van der Waals surface area contributed by atoms with Gasteiger partial charge in [0.05, 0.1) is 11.5 Å². The summed E-state index contributed by atoms with van der Waals surface area (Å²) < 4.78 is 0. The molecule has 0 bridgehead atoms. The molecule has 0 heterocycles. The molecule has 1 aromatic rings. The zero-order valence-corrected chi connectivity index (χ0v) is 11.1. The lowest BCUT2D eigenvalue weighted by atomic mass is 10.1. The quantitative estimate of drug-likeness (QED) is 0.492. The number of aryl methyl sites for hydroxylation is 1. The Morgan fingerprint density at radius 2 is 1.90 bits per heavy atom. The van der Waals surface area contributed by atoms with Crippen molar-refractivity contribution in [3.8, 4) is 0 Å². The van der Waals surface area contributed by atoms with Gasteiger partial charge in [0.15, 0.2) is 0 Å². The van der Waals surface area contributed by atoms with Crippen LogP contribution in [-0.4, -0.2) is 40.9 Å². The van der Waals surface area contributed by atoms with E-state index in [4.69, 9.17) is 5.11 Å². The van der Waals surface area contributed by atoms with Crippen LogP contribution in [0, 0.1) is 17.0 Å². The maximum absolute atomic E-state index is 11.9. The maximum Gasteiger partial charge on any atom is 0.322 e. The van der Waals surface area contributed by atoms with E-state index in [1.54, 1.807) is 6.92 Å². The average molecular weight is 295 g/mol. The molecule has 9 nitrogen and oxygen atoms in total. The summed E-state index contributed by atoms with van der Waals surface area (Å²) in [6, 6.07) is 3.81. The summed E-state index contributed by atoms with van der Waals surface area (Å²) in [4.78, 5) is 43.4. The predicted molar refractivity (Wildman–Crippen MR) is 70.8 cm³/mol. The molecule has 0 spiro atoms.